The molecule has 0 radical (unpaired) electrons. The van der Waals surface area contributed by atoms with Crippen molar-refractivity contribution < 1.29 is 19.1 Å². The second-order valence-electron chi connectivity index (χ2n) is 9.96. The van der Waals surface area contributed by atoms with Gasteiger partial charge in [0.15, 0.2) is 0 Å². The zero-order valence-corrected chi connectivity index (χ0v) is 25.8. The van der Waals surface area contributed by atoms with Crippen molar-refractivity contribution in [3.05, 3.63) is 74.7 Å². The van der Waals surface area contributed by atoms with Gasteiger partial charge in [0.1, 0.15) is 32.3 Å². The maximum Gasteiger partial charge on any atom is 0.226 e. The number of hydrogen-bond acceptors (Lipinski definition) is 10. The van der Waals surface area contributed by atoms with Crippen LogP contribution < -0.4 is 14.8 Å². The summed E-state index contributed by atoms with van der Waals surface area (Å²) in [4.78, 5) is 24.7. The van der Waals surface area contributed by atoms with E-state index in [2.05, 4.69) is 25.7 Å². The van der Waals surface area contributed by atoms with Crippen LogP contribution in [0.2, 0.25) is 0 Å². The van der Waals surface area contributed by atoms with Crippen molar-refractivity contribution in [1.82, 2.24) is 20.4 Å². The highest BCUT2D eigenvalue weighted by Gasteiger charge is 2.11. The molecule has 0 unspecified atom stereocenters. The molecule has 222 valence electrons. The van der Waals surface area contributed by atoms with Crippen LogP contribution in [-0.2, 0) is 41.7 Å². The first-order chi connectivity index (χ1) is 20.5. The van der Waals surface area contributed by atoms with E-state index in [9.17, 15) is 9.59 Å². The van der Waals surface area contributed by atoms with Gasteiger partial charge < -0.3 is 14.8 Å². The van der Waals surface area contributed by atoms with Crippen LogP contribution in [0.5, 0.6) is 11.5 Å². The summed E-state index contributed by atoms with van der Waals surface area (Å²) in [6.07, 6.45) is 8.08. The molecule has 2 aromatic carbocycles. The van der Waals surface area contributed by atoms with Crippen molar-refractivity contribution in [2.75, 3.05) is 19.5 Å². The van der Waals surface area contributed by atoms with Crippen LogP contribution in [0.25, 0.3) is 0 Å². The van der Waals surface area contributed by atoms with Crippen molar-refractivity contribution in [2.24, 2.45) is 0 Å². The van der Waals surface area contributed by atoms with E-state index in [4.69, 9.17) is 9.47 Å². The highest BCUT2D eigenvalue weighted by atomic mass is 32.1. The Balaban J connectivity index is 1.07. The number of methoxy groups -OCH3 is 2. The molecule has 0 aliphatic carbocycles. The normalized spacial score (nSPS) is 10.9. The Morgan fingerprint density at radius 2 is 1.17 bits per heavy atom. The Morgan fingerprint density at radius 3 is 1.76 bits per heavy atom. The van der Waals surface area contributed by atoms with Gasteiger partial charge in [0.25, 0.3) is 0 Å². The lowest BCUT2D eigenvalue weighted by Gasteiger charge is -2.04. The Bertz CT molecular complexity index is 1300. The van der Waals surface area contributed by atoms with Gasteiger partial charge >= 0.3 is 0 Å². The maximum atomic E-state index is 12.4. The van der Waals surface area contributed by atoms with Gasteiger partial charge in [0.05, 0.1) is 20.6 Å². The average molecular weight is 608 g/mol. The van der Waals surface area contributed by atoms with Crippen molar-refractivity contribution in [3.8, 4) is 11.5 Å². The molecule has 0 saturated carbocycles. The summed E-state index contributed by atoms with van der Waals surface area (Å²) in [6.45, 7) is 0. The maximum absolute atomic E-state index is 12.4. The third kappa shape index (κ3) is 10.6. The van der Waals surface area contributed by atoms with Gasteiger partial charge in [-0.3, -0.25) is 9.59 Å². The molecule has 0 spiro atoms. The summed E-state index contributed by atoms with van der Waals surface area (Å²) >= 11 is 2.95. The Hall–Kier alpha value is -3.70. The van der Waals surface area contributed by atoms with Crippen LogP contribution in [0.3, 0.4) is 0 Å². The third-order valence-electron chi connectivity index (χ3n) is 6.71. The Morgan fingerprint density at radius 1 is 0.643 bits per heavy atom. The van der Waals surface area contributed by atoms with E-state index in [1.807, 2.05) is 48.5 Å². The molecule has 42 heavy (non-hydrogen) atoms. The molecule has 0 aliphatic rings. The largest absolute Gasteiger partial charge is 0.497 e. The lowest BCUT2D eigenvalue weighted by molar-refractivity contribution is -0.118. The van der Waals surface area contributed by atoms with Crippen LogP contribution >= 0.6 is 22.7 Å². The fraction of sp³-hybridized carbons (Fsp3) is 0.419. The summed E-state index contributed by atoms with van der Waals surface area (Å²) in [6, 6.07) is 15.9. The highest BCUT2D eigenvalue weighted by Crippen LogP contribution is 2.20. The fourth-order valence-electron chi connectivity index (χ4n) is 4.38. The number of amides is 1. The van der Waals surface area contributed by atoms with Crippen LogP contribution in [0, 0.1) is 0 Å². The van der Waals surface area contributed by atoms with Gasteiger partial charge in [-0.05, 0) is 73.9 Å². The third-order valence-corrected chi connectivity index (χ3v) is 8.59. The second kappa shape index (κ2) is 16.7. The SMILES string of the molecule is COc1ccc(CCCC(=O)Cc2nnc(CCCCc3nnc(NC(=O)CCCc4ccc(OC)cc4)s3)s2)cc1. The predicted octanol–water partition coefficient (Wildman–Crippen LogP) is 6.07. The van der Waals surface area contributed by atoms with Crippen LogP contribution in [0.15, 0.2) is 48.5 Å². The number of carbonyl (C=O) groups is 2. The first-order valence-electron chi connectivity index (χ1n) is 14.2. The molecule has 0 aliphatic heterocycles. The smallest absolute Gasteiger partial charge is 0.226 e. The molecule has 2 heterocycles. The van der Waals surface area contributed by atoms with Crippen LogP contribution in [0.4, 0.5) is 5.13 Å². The second-order valence-corrected chi connectivity index (χ2v) is 12.2. The predicted molar refractivity (Wildman–Crippen MR) is 166 cm³/mol. The van der Waals surface area contributed by atoms with Crippen molar-refractivity contribution in [2.45, 2.75) is 70.6 Å². The number of aromatic nitrogens is 4. The molecule has 4 aromatic rings. The van der Waals surface area contributed by atoms with Crippen LogP contribution in [-0.4, -0.2) is 46.3 Å². The molecule has 0 atom stereocenters. The molecule has 0 saturated heterocycles. The van der Waals surface area contributed by atoms with Crippen LogP contribution in [0.1, 0.15) is 64.7 Å². The van der Waals surface area contributed by atoms with Gasteiger partial charge in [0, 0.05) is 25.7 Å². The molecule has 11 heteroatoms. The number of unbranched alkanes of at least 4 members (excludes halogenated alkanes) is 1. The Labute approximate surface area is 254 Å². The highest BCUT2D eigenvalue weighted by molar-refractivity contribution is 7.15. The molecule has 0 fully saturated rings. The number of ether oxygens (including phenoxy) is 2. The van der Waals surface area contributed by atoms with Gasteiger partial charge in [-0.1, -0.05) is 35.6 Å². The Kier molecular flexibility index (Phi) is 12.4. The molecule has 1 amide bonds. The zero-order chi connectivity index (χ0) is 29.6. The van der Waals surface area contributed by atoms with E-state index in [0.717, 1.165) is 77.9 Å². The first kappa shape index (κ1) is 31.2. The van der Waals surface area contributed by atoms with Gasteiger partial charge in [0.2, 0.25) is 11.0 Å². The number of nitrogens with zero attached hydrogens (tertiary/aromatic N) is 4. The molecule has 1 N–H and O–H groups in total. The molecule has 0 bridgehead atoms. The van der Waals surface area contributed by atoms with Gasteiger partial charge in [-0.2, -0.15) is 0 Å². The summed E-state index contributed by atoms with van der Waals surface area (Å²) in [5.41, 5.74) is 2.38. The minimum absolute atomic E-state index is 0.0472. The first-order valence-corrected chi connectivity index (χ1v) is 15.8. The number of rotatable bonds is 18. The fourth-order valence-corrected chi connectivity index (χ4v) is 6.10. The monoisotopic (exact) mass is 607 g/mol. The quantitative estimate of drug-likeness (QED) is 0.136. The van der Waals surface area contributed by atoms with E-state index in [1.54, 1.807) is 14.2 Å². The molecule has 9 nitrogen and oxygen atoms in total. The number of benzene rings is 2. The summed E-state index contributed by atoms with van der Waals surface area (Å²) in [7, 11) is 3.30. The minimum atomic E-state index is -0.0472. The van der Waals surface area contributed by atoms with Crippen molar-refractivity contribution >= 4 is 39.5 Å². The zero-order valence-electron chi connectivity index (χ0n) is 24.1. The number of aryl methyl sites for hydroxylation is 4. The van der Waals surface area contributed by atoms with Gasteiger partial charge in [-0.25, -0.2) is 0 Å². The van der Waals surface area contributed by atoms with E-state index < -0.39 is 0 Å². The minimum Gasteiger partial charge on any atom is -0.497 e. The van der Waals surface area contributed by atoms with E-state index >= 15 is 0 Å². The number of ketones is 1. The molecule has 2 aromatic heterocycles. The van der Waals surface area contributed by atoms with E-state index in [1.165, 1.54) is 33.8 Å². The summed E-state index contributed by atoms with van der Waals surface area (Å²) in [5.74, 6) is 1.82. The van der Waals surface area contributed by atoms with E-state index in [0.29, 0.717) is 24.4 Å². The molecule has 4 rings (SSSR count). The average Bonchev–Trinajstić information content (AvgIpc) is 3.65. The number of hydrogen-bond donors (Lipinski definition) is 1. The summed E-state index contributed by atoms with van der Waals surface area (Å²) < 4.78 is 10.4. The topological polar surface area (TPSA) is 116 Å². The molecular formula is C31H37N5O4S2. The standard InChI is InChI=1S/C31H37N5O4S2/c1-39-25-17-13-22(14-18-25)7-5-9-24(37)21-30-35-33-28(41-30)11-3-4-12-29-34-36-31(42-29)32-27(38)10-6-8-23-15-19-26(40-2)20-16-23/h13-20H,3-12,21H2,1-2H3,(H,32,36,38). The summed E-state index contributed by atoms with van der Waals surface area (Å²) in [5, 5.41) is 22.9. The lowest BCUT2D eigenvalue weighted by atomic mass is 10.1. The number of Topliss-reactive ketones (excluding diaryl/α,β-unsaturated/α-hetero) is 1. The van der Waals surface area contributed by atoms with Crippen molar-refractivity contribution in [1.29, 1.82) is 0 Å². The lowest BCUT2D eigenvalue weighted by Crippen LogP contribution is -2.11. The number of anilines is 1. The van der Waals surface area contributed by atoms with Crippen molar-refractivity contribution in [3.63, 3.8) is 0 Å². The number of carbonyl (C=O) groups excluding carboxylic acids is 2. The van der Waals surface area contributed by atoms with E-state index in [-0.39, 0.29) is 11.7 Å². The number of nitrogens with one attached hydrogen (secondary N) is 1. The van der Waals surface area contributed by atoms with Gasteiger partial charge in [-0.15, -0.1) is 31.7 Å². The molecular weight excluding hydrogens is 571 g/mol.